The molecule has 0 atom stereocenters. The van der Waals surface area contributed by atoms with Gasteiger partial charge in [0.25, 0.3) is 0 Å². The molecule has 0 bridgehead atoms. The third-order valence-electron chi connectivity index (χ3n) is 3.68. The van der Waals surface area contributed by atoms with Crippen LogP contribution in [0.5, 0.6) is 5.75 Å². The van der Waals surface area contributed by atoms with E-state index < -0.39 is 0 Å². The highest BCUT2D eigenvalue weighted by atomic mass is 32.1. The molecule has 1 heterocycles. The van der Waals surface area contributed by atoms with Crippen molar-refractivity contribution in [3.8, 4) is 5.75 Å². The third kappa shape index (κ3) is 1.81. The molecule has 3 rings (SSSR count). The van der Waals surface area contributed by atoms with Crippen LogP contribution in [0.3, 0.4) is 0 Å². The van der Waals surface area contributed by atoms with Gasteiger partial charge in [-0.05, 0) is 43.3 Å². The molecular formula is C14H16O3S. The lowest BCUT2D eigenvalue weighted by atomic mass is 9.96. The first-order valence-corrected chi connectivity index (χ1v) is 7.12. The maximum Gasteiger partial charge on any atom is 0.187 e. The molecule has 4 heteroatoms. The summed E-state index contributed by atoms with van der Waals surface area (Å²) < 4.78 is 0. The van der Waals surface area contributed by atoms with Gasteiger partial charge in [0.1, 0.15) is 0 Å². The topological polar surface area (TPSA) is 49.7 Å². The predicted molar refractivity (Wildman–Crippen MR) is 72.0 cm³/mol. The van der Waals surface area contributed by atoms with Crippen LogP contribution in [-0.4, -0.2) is 17.0 Å². The number of aliphatic hydroxyl groups is 1. The highest BCUT2D eigenvalue weighted by molar-refractivity contribution is 7.13. The average Bonchev–Trinajstić information content (AvgIpc) is 2.98. The van der Waals surface area contributed by atoms with Crippen molar-refractivity contribution in [2.45, 2.75) is 32.1 Å². The number of fused-ring (bicyclic) bond motifs is 1. The summed E-state index contributed by atoms with van der Waals surface area (Å²) in [6, 6.07) is 0. The second-order valence-electron chi connectivity index (χ2n) is 4.72. The van der Waals surface area contributed by atoms with Gasteiger partial charge in [-0.15, -0.1) is 11.3 Å². The quantitative estimate of drug-likeness (QED) is 0.651. The lowest BCUT2D eigenvalue weighted by molar-refractivity contribution is -0.138. The van der Waals surface area contributed by atoms with E-state index in [1.807, 2.05) is 6.08 Å². The average molecular weight is 264 g/mol. The van der Waals surface area contributed by atoms with Crippen LogP contribution in [0.2, 0.25) is 0 Å². The molecule has 3 nitrogen and oxygen atoms in total. The van der Waals surface area contributed by atoms with E-state index in [-0.39, 0.29) is 6.61 Å². The van der Waals surface area contributed by atoms with Gasteiger partial charge in [0.15, 0.2) is 5.75 Å². The van der Waals surface area contributed by atoms with Crippen LogP contribution < -0.4 is 4.89 Å². The molecule has 0 unspecified atom stereocenters. The molecule has 2 N–H and O–H groups in total. The first-order valence-electron chi connectivity index (χ1n) is 6.31. The molecule has 0 radical (unpaired) electrons. The Balaban J connectivity index is 2.12. The van der Waals surface area contributed by atoms with E-state index in [0.717, 1.165) is 53.7 Å². The van der Waals surface area contributed by atoms with Crippen molar-refractivity contribution in [1.29, 1.82) is 0 Å². The van der Waals surface area contributed by atoms with Crippen molar-refractivity contribution in [2.75, 3.05) is 6.61 Å². The van der Waals surface area contributed by atoms with E-state index in [0.29, 0.717) is 5.75 Å². The first-order chi connectivity index (χ1) is 8.85. The van der Waals surface area contributed by atoms with E-state index in [4.69, 9.17) is 5.26 Å². The van der Waals surface area contributed by atoms with Crippen LogP contribution in [-0.2, 0) is 12.8 Å². The number of allylic oxidation sites excluding steroid dienone is 3. The van der Waals surface area contributed by atoms with Crippen LogP contribution in [0, 0.1) is 0 Å². The first kappa shape index (κ1) is 12.0. The van der Waals surface area contributed by atoms with Gasteiger partial charge in [-0.25, -0.2) is 5.26 Å². The van der Waals surface area contributed by atoms with Gasteiger partial charge in [-0.2, -0.15) is 0 Å². The second-order valence-corrected chi connectivity index (χ2v) is 5.83. The largest absolute Gasteiger partial charge is 0.392 e. The minimum atomic E-state index is 0.0765. The zero-order valence-corrected chi connectivity index (χ0v) is 10.9. The number of rotatable bonds is 3. The molecule has 0 saturated carbocycles. The monoisotopic (exact) mass is 264 g/mol. The van der Waals surface area contributed by atoms with Crippen LogP contribution >= 0.6 is 11.3 Å². The standard InChI is InChI=1S/C14H16O3S/c15-8-9-4-1-2-5-10(9)14-13(17-16)11-6-3-7-12(11)18-14/h2,5,15-16H,1,3-4,6-8H2. The van der Waals surface area contributed by atoms with Crippen LogP contribution in [0.1, 0.15) is 34.6 Å². The molecule has 2 aliphatic carbocycles. The molecule has 0 saturated heterocycles. The van der Waals surface area contributed by atoms with Crippen LogP contribution in [0.15, 0.2) is 17.7 Å². The Bertz CT molecular complexity index is 525. The molecular weight excluding hydrogens is 248 g/mol. The Morgan fingerprint density at radius 1 is 1.28 bits per heavy atom. The molecule has 0 fully saturated rings. The van der Waals surface area contributed by atoms with E-state index in [9.17, 15) is 5.11 Å². The number of thiophene rings is 1. The number of hydrogen-bond acceptors (Lipinski definition) is 4. The summed E-state index contributed by atoms with van der Waals surface area (Å²) >= 11 is 1.69. The summed E-state index contributed by atoms with van der Waals surface area (Å²) in [7, 11) is 0. The minimum Gasteiger partial charge on any atom is -0.392 e. The normalized spacial score (nSPS) is 18.3. The minimum absolute atomic E-state index is 0.0765. The Labute approximate surface area is 110 Å². The van der Waals surface area contributed by atoms with Crippen LogP contribution in [0.25, 0.3) is 5.57 Å². The lowest BCUT2D eigenvalue weighted by Crippen LogP contribution is -1.99. The maximum atomic E-state index is 9.44. The molecule has 1 aromatic heterocycles. The van der Waals surface area contributed by atoms with Crippen molar-refractivity contribution < 1.29 is 15.3 Å². The zero-order chi connectivity index (χ0) is 12.5. The highest BCUT2D eigenvalue weighted by Crippen LogP contribution is 2.46. The van der Waals surface area contributed by atoms with Gasteiger partial charge in [-0.1, -0.05) is 12.2 Å². The fourth-order valence-electron chi connectivity index (χ4n) is 2.76. The third-order valence-corrected chi connectivity index (χ3v) is 4.98. The molecule has 0 aliphatic heterocycles. The van der Waals surface area contributed by atoms with Crippen molar-refractivity contribution in [3.63, 3.8) is 0 Å². The van der Waals surface area contributed by atoms with Gasteiger partial charge < -0.3 is 9.99 Å². The Morgan fingerprint density at radius 2 is 2.17 bits per heavy atom. The number of hydrogen-bond donors (Lipinski definition) is 2. The van der Waals surface area contributed by atoms with Gasteiger partial charge in [0.05, 0.1) is 11.5 Å². The van der Waals surface area contributed by atoms with Crippen molar-refractivity contribution in [1.82, 2.24) is 0 Å². The second kappa shape index (κ2) is 4.88. The van der Waals surface area contributed by atoms with Crippen molar-refractivity contribution in [2.24, 2.45) is 0 Å². The van der Waals surface area contributed by atoms with E-state index in [1.165, 1.54) is 4.88 Å². The molecule has 1 aromatic rings. The fraction of sp³-hybridized carbons (Fsp3) is 0.429. The summed E-state index contributed by atoms with van der Waals surface area (Å²) in [6.45, 7) is 0.0765. The van der Waals surface area contributed by atoms with Gasteiger partial charge in [-0.3, -0.25) is 0 Å². The van der Waals surface area contributed by atoms with E-state index in [2.05, 4.69) is 11.0 Å². The highest BCUT2D eigenvalue weighted by Gasteiger charge is 2.26. The van der Waals surface area contributed by atoms with Gasteiger partial charge in [0, 0.05) is 10.4 Å². The summed E-state index contributed by atoms with van der Waals surface area (Å²) in [5, 5.41) is 18.6. The summed E-state index contributed by atoms with van der Waals surface area (Å²) in [4.78, 5) is 6.93. The number of aryl methyl sites for hydroxylation is 1. The predicted octanol–water partition coefficient (Wildman–Crippen LogP) is 3.18. The molecule has 0 spiro atoms. The Hall–Kier alpha value is -1.10. The molecule has 18 heavy (non-hydrogen) atoms. The summed E-state index contributed by atoms with van der Waals surface area (Å²) in [5.74, 6) is 0.611. The smallest absolute Gasteiger partial charge is 0.187 e. The van der Waals surface area contributed by atoms with Gasteiger partial charge >= 0.3 is 0 Å². The maximum absolute atomic E-state index is 9.44. The Kier molecular flexibility index (Phi) is 3.24. The van der Waals surface area contributed by atoms with E-state index >= 15 is 0 Å². The summed E-state index contributed by atoms with van der Waals surface area (Å²) in [5.41, 5.74) is 3.23. The molecule has 96 valence electrons. The van der Waals surface area contributed by atoms with E-state index in [1.54, 1.807) is 11.3 Å². The summed E-state index contributed by atoms with van der Waals surface area (Å²) in [6.07, 6.45) is 9.20. The van der Waals surface area contributed by atoms with Crippen molar-refractivity contribution in [3.05, 3.63) is 33.0 Å². The Morgan fingerprint density at radius 3 is 2.94 bits per heavy atom. The number of aliphatic hydroxyl groups excluding tert-OH is 1. The molecule has 0 aromatic carbocycles. The SMILES string of the molecule is OCC1=C(c2sc3c(c2OO)CCC3)C=CCC1. The van der Waals surface area contributed by atoms with Gasteiger partial charge in [0.2, 0.25) is 0 Å². The molecule has 2 aliphatic rings. The van der Waals surface area contributed by atoms with Crippen LogP contribution in [0.4, 0.5) is 0 Å². The molecule has 0 amide bonds. The van der Waals surface area contributed by atoms with Crippen molar-refractivity contribution >= 4 is 16.9 Å². The zero-order valence-electron chi connectivity index (χ0n) is 10.1. The lowest BCUT2D eigenvalue weighted by Gasteiger charge is -2.14. The fourth-order valence-corrected chi connectivity index (χ4v) is 4.15.